The predicted molar refractivity (Wildman–Crippen MR) is 61.9 cm³/mol. The summed E-state index contributed by atoms with van der Waals surface area (Å²) in [7, 11) is 0. The zero-order valence-electron chi connectivity index (χ0n) is 9.63. The monoisotopic (exact) mass is 250 g/mol. The molecule has 1 aromatic rings. The van der Waals surface area contributed by atoms with Crippen LogP contribution in [0.15, 0.2) is 16.9 Å². The number of nitrogens with zero attached hydrogens (tertiary/aromatic N) is 1. The standard InChI is InChI=1S/C11H14N4O3/c12-8-5-3-4-18-10(5)9(8)13-11(17)6-1-2-7(16)15-14-6/h1-2,5,8-10H,3-4,12H2,(H,13,17)(H,15,16). The van der Waals surface area contributed by atoms with Gasteiger partial charge in [-0.2, -0.15) is 5.10 Å². The van der Waals surface area contributed by atoms with E-state index >= 15 is 0 Å². The van der Waals surface area contributed by atoms with E-state index in [1.54, 1.807) is 0 Å². The number of nitrogens with one attached hydrogen (secondary N) is 2. The van der Waals surface area contributed by atoms with Gasteiger partial charge in [-0.05, 0) is 12.5 Å². The van der Waals surface area contributed by atoms with Gasteiger partial charge in [0.1, 0.15) is 5.69 Å². The van der Waals surface area contributed by atoms with Crippen molar-refractivity contribution >= 4 is 5.91 Å². The number of aromatic nitrogens is 2. The minimum absolute atomic E-state index is 0.0201. The lowest BCUT2D eigenvalue weighted by Crippen LogP contribution is -2.69. The van der Waals surface area contributed by atoms with E-state index in [1.807, 2.05) is 0 Å². The average Bonchev–Trinajstić information content (AvgIpc) is 2.81. The molecule has 4 atom stereocenters. The van der Waals surface area contributed by atoms with Gasteiger partial charge in [0, 0.05) is 24.6 Å². The Bertz CT molecular complexity index is 509. The van der Waals surface area contributed by atoms with Gasteiger partial charge in [0.05, 0.1) is 12.1 Å². The van der Waals surface area contributed by atoms with Gasteiger partial charge in [0.15, 0.2) is 0 Å². The van der Waals surface area contributed by atoms with Crippen LogP contribution in [0.2, 0.25) is 0 Å². The summed E-state index contributed by atoms with van der Waals surface area (Å²) in [5.41, 5.74) is 5.81. The van der Waals surface area contributed by atoms with E-state index in [-0.39, 0.29) is 35.3 Å². The Labute approximate surface area is 103 Å². The van der Waals surface area contributed by atoms with Crippen molar-refractivity contribution in [3.05, 3.63) is 28.2 Å². The molecule has 1 saturated heterocycles. The number of carbonyl (C=O) groups excluding carboxylic acids is 1. The van der Waals surface area contributed by atoms with Gasteiger partial charge >= 0.3 is 0 Å². The van der Waals surface area contributed by atoms with E-state index in [0.29, 0.717) is 12.5 Å². The largest absolute Gasteiger partial charge is 0.376 e. The summed E-state index contributed by atoms with van der Waals surface area (Å²) < 4.78 is 5.52. The number of rotatable bonds is 2. The third-order valence-electron chi connectivity index (χ3n) is 3.66. The second-order valence-corrected chi connectivity index (χ2v) is 4.67. The van der Waals surface area contributed by atoms with Crippen LogP contribution in [0.25, 0.3) is 0 Å². The van der Waals surface area contributed by atoms with Crippen molar-refractivity contribution < 1.29 is 9.53 Å². The molecule has 1 aliphatic heterocycles. The molecule has 0 radical (unpaired) electrons. The smallest absolute Gasteiger partial charge is 0.272 e. The molecular weight excluding hydrogens is 236 g/mol. The van der Waals surface area contributed by atoms with Crippen LogP contribution in [0.5, 0.6) is 0 Å². The highest BCUT2D eigenvalue weighted by Gasteiger charge is 2.52. The highest BCUT2D eigenvalue weighted by Crippen LogP contribution is 2.37. The summed E-state index contributed by atoms with van der Waals surface area (Å²) in [6.45, 7) is 0.701. The van der Waals surface area contributed by atoms with Gasteiger partial charge in [0.2, 0.25) is 0 Å². The lowest BCUT2D eigenvalue weighted by Gasteiger charge is -2.45. The highest BCUT2D eigenvalue weighted by atomic mass is 16.5. The molecule has 3 rings (SSSR count). The number of ether oxygens (including phenoxy) is 1. The minimum Gasteiger partial charge on any atom is -0.376 e. The van der Waals surface area contributed by atoms with Crippen LogP contribution in [0, 0.1) is 5.92 Å². The second-order valence-electron chi connectivity index (χ2n) is 4.67. The Morgan fingerprint density at radius 3 is 3.11 bits per heavy atom. The number of amides is 1. The number of fused-ring (bicyclic) bond motifs is 1. The Morgan fingerprint density at radius 2 is 2.39 bits per heavy atom. The van der Waals surface area contributed by atoms with E-state index in [4.69, 9.17) is 10.5 Å². The number of carbonyl (C=O) groups is 1. The molecule has 1 amide bonds. The first kappa shape index (κ1) is 11.4. The maximum Gasteiger partial charge on any atom is 0.272 e. The number of aromatic amines is 1. The average molecular weight is 250 g/mol. The zero-order chi connectivity index (χ0) is 12.7. The van der Waals surface area contributed by atoms with Gasteiger partial charge in [-0.3, -0.25) is 9.59 Å². The van der Waals surface area contributed by atoms with E-state index in [1.165, 1.54) is 12.1 Å². The summed E-state index contributed by atoms with van der Waals surface area (Å²) >= 11 is 0. The number of hydrogen-bond donors (Lipinski definition) is 3. The molecule has 0 spiro atoms. The van der Waals surface area contributed by atoms with E-state index in [0.717, 1.165) is 6.42 Å². The highest BCUT2D eigenvalue weighted by molar-refractivity contribution is 5.92. The minimum atomic E-state index is -0.347. The topological polar surface area (TPSA) is 110 Å². The van der Waals surface area contributed by atoms with Gasteiger partial charge in [-0.15, -0.1) is 0 Å². The van der Waals surface area contributed by atoms with Crippen LogP contribution >= 0.6 is 0 Å². The Morgan fingerprint density at radius 1 is 1.56 bits per heavy atom. The van der Waals surface area contributed by atoms with Crippen LogP contribution in [0.4, 0.5) is 0 Å². The lowest BCUT2D eigenvalue weighted by molar-refractivity contribution is -0.0161. The molecule has 1 saturated carbocycles. The van der Waals surface area contributed by atoms with Gasteiger partial charge in [-0.25, -0.2) is 5.10 Å². The molecular formula is C11H14N4O3. The normalized spacial score (nSPS) is 33.6. The van der Waals surface area contributed by atoms with Crippen LogP contribution < -0.4 is 16.6 Å². The number of hydrogen-bond acceptors (Lipinski definition) is 5. The van der Waals surface area contributed by atoms with Gasteiger partial charge in [0.25, 0.3) is 11.5 Å². The second kappa shape index (κ2) is 4.18. The first-order valence-corrected chi connectivity index (χ1v) is 5.90. The molecule has 1 aliphatic carbocycles. The van der Waals surface area contributed by atoms with Crippen LogP contribution in [-0.2, 0) is 4.74 Å². The fourth-order valence-corrected chi connectivity index (χ4v) is 2.62. The predicted octanol–water partition coefficient (Wildman–Crippen LogP) is -1.39. The molecule has 18 heavy (non-hydrogen) atoms. The van der Waals surface area contributed by atoms with Crippen molar-refractivity contribution in [1.29, 1.82) is 0 Å². The van der Waals surface area contributed by atoms with Crippen LogP contribution in [-0.4, -0.2) is 40.9 Å². The Kier molecular flexibility index (Phi) is 2.64. The van der Waals surface area contributed by atoms with Gasteiger partial charge < -0.3 is 15.8 Å². The molecule has 7 heteroatoms. The third-order valence-corrected chi connectivity index (χ3v) is 3.66. The fourth-order valence-electron chi connectivity index (χ4n) is 2.62. The fraction of sp³-hybridized carbons (Fsp3) is 0.545. The van der Waals surface area contributed by atoms with E-state index in [9.17, 15) is 9.59 Å². The van der Waals surface area contributed by atoms with Crippen molar-refractivity contribution in [2.75, 3.05) is 6.61 Å². The van der Waals surface area contributed by atoms with Crippen LogP contribution in [0.3, 0.4) is 0 Å². The molecule has 2 heterocycles. The quantitative estimate of drug-likeness (QED) is 0.599. The summed E-state index contributed by atoms with van der Waals surface area (Å²) in [6.07, 6.45) is 0.974. The maximum atomic E-state index is 11.9. The van der Waals surface area contributed by atoms with Crippen molar-refractivity contribution in [3.8, 4) is 0 Å². The molecule has 1 aromatic heterocycles. The van der Waals surface area contributed by atoms with Crippen LogP contribution in [0.1, 0.15) is 16.9 Å². The van der Waals surface area contributed by atoms with E-state index < -0.39 is 0 Å². The first-order chi connectivity index (χ1) is 8.66. The molecule has 4 N–H and O–H groups in total. The summed E-state index contributed by atoms with van der Waals surface area (Å²) in [6, 6.07) is 2.41. The SMILES string of the molecule is NC1C2CCOC2C1NC(=O)c1ccc(=O)[nH]n1. The molecule has 96 valence electrons. The van der Waals surface area contributed by atoms with Gasteiger partial charge in [-0.1, -0.05) is 0 Å². The molecule has 4 unspecified atom stereocenters. The van der Waals surface area contributed by atoms with Crippen molar-refractivity contribution in [2.24, 2.45) is 11.7 Å². The summed E-state index contributed by atoms with van der Waals surface area (Å²) in [4.78, 5) is 22.7. The zero-order valence-corrected chi connectivity index (χ0v) is 9.63. The molecule has 0 aromatic carbocycles. The summed E-state index contributed by atoms with van der Waals surface area (Å²) in [5.74, 6) is -0.000473. The number of nitrogens with two attached hydrogens (primary N) is 1. The first-order valence-electron chi connectivity index (χ1n) is 5.90. The van der Waals surface area contributed by atoms with Crippen molar-refractivity contribution in [1.82, 2.24) is 15.5 Å². The Hall–Kier alpha value is -1.73. The Balaban J connectivity index is 1.68. The molecule has 2 fully saturated rings. The lowest BCUT2D eigenvalue weighted by atomic mass is 9.72. The van der Waals surface area contributed by atoms with Crippen molar-refractivity contribution in [2.45, 2.75) is 24.6 Å². The molecule has 0 bridgehead atoms. The molecule has 7 nitrogen and oxygen atoms in total. The summed E-state index contributed by atoms with van der Waals surface area (Å²) in [5, 5.41) is 8.69. The third kappa shape index (κ3) is 1.72. The number of H-pyrrole nitrogens is 1. The maximum absolute atomic E-state index is 11.9. The van der Waals surface area contributed by atoms with Crippen molar-refractivity contribution in [3.63, 3.8) is 0 Å². The van der Waals surface area contributed by atoms with E-state index in [2.05, 4.69) is 15.5 Å². The molecule has 2 aliphatic rings.